The van der Waals surface area contributed by atoms with Gasteiger partial charge in [-0.2, -0.15) is 0 Å². The largest absolute Gasteiger partial charge is 0.462 e. The normalized spacial score (nSPS) is 16.1. The second-order valence-electron chi connectivity index (χ2n) is 7.84. The molecule has 6 heteroatoms. The van der Waals surface area contributed by atoms with Crippen LogP contribution in [0.3, 0.4) is 0 Å². The van der Waals surface area contributed by atoms with E-state index in [1.54, 1.807) is 6.92 Å². The number of fused-ring (bicyclic) bond motifs is 1. The van der Waals surface area contributed by atoms with Gasteiger partial charge < -0.3 is 10.1 Å². The Morgan fingerprint density at radius 1 is 1.12 bits per heavy atom. The summed E-state index contributed by atoms with van der Waals surface area (Å²) in [5.74, 6) is -0.0297. The Morgan fingerprint density at radius 2 is 1.81 bits per heavy atom. The van der Waals surface area contributed by atoms with E-state index in [0.29, 0.717) is 23.1 Å². The number of thioether (sulfide) groups is 1. The van der Waals surface area contributed by atoms with E-state index in [4.69, 9.17) is 4.74 Å². The molecule has 1 aliphatic rings. The van der Waals surface area contributed by atoms with Crippen molar-refractivity contribution in [2.24, 2.45) is 0 Å². The molecule has 4 rings (SSSR count). The SMILES string of the molecule is CCOC(=O)c1c(NC(=O)C(C)Sc2ccccc2)sc2c1CCC(c1ccccc1)C2. The summed E-state index contributed by atoms with van der Waals surface area (Å²) in [5, 5.41) is 3.37. The number of ether oxygens (including phenoxy) is 1. The number of esters is 1. The van der Waals surface area contributed by atoms with Crippen LogP contribution in [0.25, 0.3) is 0 Å². The fourth-order valence-electron chi connectivity index (χ4n) is 4.07. The number of rotatable bonds is 7. The van der Waals surface area contributed by atoms with Crippen LogP contribution < -0.4 is 5.32 Å². The standard InChI is InChI=1S/C26H27NO3S2/c1-3-30-26(29)23-21-15-14-19(18-10-6-4-7-11-18)16-22(21)32-25(23)27-24(28)17(2)31-20-12-8-5-9-13-20/h4-13,17,19H,3,14-16H2,1-2H3,(H,27,28). The number of hydrogen-bond acceptors (Lipinski definition) is 5. The topological polar surface area (TPSA) is 55.4 Å². The first-order chi connectivity index (χ1) is 15.6. The monoisotopic (exact) mass is 465 g/mol. The lowest BCUT2D eigenvalue weighted by Crippen LogP contribution is -2.23. The van der Waals surface area contributed by atoms with Gasteiger partial charge in [-0.25, -0.2) is 4.79 Å². The highest BCUT2D eigenvalue weighted by atomic mass is 32.2. The second-order valence-corrected chi connectivity index (χ2v) is 10.4. The summed E-state index contributed by atoms with van der Waals surface area (Å²) in [4.78, 5) is 28.0. The molecule has 0 saturated carbocycles. The van der Waals surface area contributed by atoms with Gasteiger partial charge in [0.25, 0.3) is 0 Å². The Hall–Kier alpha value is -2.57. The molecule has 0 aliphatic heterocycles. The minimum absolute atomic E-state index is 0.109. The Bertz CT molecular complexity index is 1080. The number of nitrogens with one attached hydrogen (secondary N) is 1. The summed E-state index contributed by atoms with van der Waals surface area (Å²) in [6.07, 6.45) is 2.66. The third-order valence-corrected chi connectivity index (χ3v) is 7.96. The molecular formula is C26H27NO3S2. The zero-order valence-corrected chi connectivity index (χ0v) is 19.9. The molecule has 1 aromatic heterocycles. The minimum Gasteiger partial charge on any atom is -0.462 e. The van der Waals surface area contributed by atoms with Gasteiger partial charge in [0.05, 0.1) is 17.4 Å². The van der Waals surface area contributed by atoms with Crippen molar-refractivity contribution in [3.63, 3.8) is 0 Å². The highest BCUT2D eigenvalue weighted by Gasteiger charge is 2.31. The maximum absolute atomic E-state index is 13.0. The number of thiophene rings is 1. The highest BCUT2D eigenvalue weighted by Crippen LogP contribution is 2.43. The molecule has 0 spiro atoms. The zero-order valence-electron chi connectivity index (χ0n) is 18.3. The number of amides is 1. The van der Waals surface area contributed by atoms with Gasteiger partial charge in [0.15, 0.2) is 0 Å². The lowest BCUT2D eigenvalue weighted by molar-refractivity contribution is -0.115. The predicted octanol–water partition coefficient (Wildman–Crippen LogP) is 6.32. The van der Waals surface area contributed by atoms with E-state index in [-0.39, 0.29) is 17.1 Å². The van der Waals surface area contributed by atoms with Gasteiger partial charge in [0, 0.05) is 9.77 Å². The minimum atomic E-state index is -0.346. The molecule has 3 aromatic rings. The number of anilines is 1. The van der Waals surface area contributed by atoms with Crippen molar-refractivity contribution in [3.05, 3.63) is 82.2 Å². The van der Waals surface area contributed by atoms with Gasteiger partial charge in [0.2, 0.25) is 5.91 Å². The number of carbonyl (C=O) groups excluding carboxylic acids is 2. The summed E-state index contributed by atoms with van der Waals surface area (Å²) < 4.78 is 5.35. The third kappa shape index (κ3) is 5.08. The molecule has 2 aromatic carbocycles. The number of benzene rings is 2. The van der Waals surface area contributed by atoms with Crippen LogP contribution >= 0.6 is 23.1 Å². The van der Waals surface area contributed by atoms with E-state index in [0.717, 1.165) is 29.7 Å². The van der Waals surface area contributed by atoms with E-state index < -0.39 is 0 Å². The van der Waals surface area contributed by atoms with Crippen LogP contribution in [0.4, 0.5) is 5.00 Å². The quantitative estimate of drug-likeness (QED) is 0.328. The molecule has 1 heterocycles. The van der Waals surface area contributed by atoms with Gasteiger partial charge in [-0.3, -0.25) is 4.79 Å². The van der Waals surface area contributed by atoms with Crippen molar-refractivity contribution >= 4 is 40.0 Å². The molecule has 2 unspecified atom stereocenters. The van der Waals surface area contributed by atoms with Crippen molar-refractivity contribution in [1.82, 2.24) is 0 Å². The van der Waals surface area contributed by atoms with Crippen LogP contribution in [0, 0.1) is 0 Å². The van der Waals surface area contributed by atoms with E-state index in [1.165, 1.54) is 33.5 Å². The summed E-state index contributed by atoms with van der Waals surface area (Å²) in [7, 11) is 0. The smallest absolute Gasteiger partial charge is 0.341 e. The van der Waals surface area contributed by atoms with E-state index in [9.17, 15) is 9.59 Å². The average molecular weight is 466 g/mol. The van der Waals surface area contributed by atoms with Crippen LogP contribution in [0.15, 0.2) is 65.6 Å². The molecule has 0 bridgehead atoms. The lowest BCUT2D eigenvalue weighted by Gasteiger charge is -2.23. The van der Waals surface area contributed by atoms with Gasteiger partial charge >= 0.3 is 5.97 Å². The van der Waals surface area contributed by atoms with E-state index in [2.05, 4.69) is 29.6 Å². The van der Waals surface area contributed by atoms with Crippen LogP contribution in [0.1, 0.15) is 52.5 Å². The van der Waals surface area contributed by atoms with Gasteiger partial charge in [-0.15, -0.1) is 23.1 Å². The summed E-state index contributed by atoms with van der Waals surface area (Å²) >= 11 is 3.03. The molecule has 0 fully saturated rings. The molecule has 4 nitrogen and oxygen atoms in total. The maximum atomic E-state index is 13.0. The first-order valence-corrected chi connectivity index (χ1v) is 12.7. The van der Waals surface area contributed by atoms with Crippen LogP contribution in [0.5, 0.6) is 0 Å². The first kappa shape index (κ1) is 22.6. The molecule has 1 amide bonds. The van der Waals surface area contributed by atoms with Crippen molar-refractivity contribution < 1.29 is 14.3 Å². The molecule has 0 saturated heterocycles. The van der Waals surface area contributed by atoms with Crippen molar-refractivity contribution in [3.8, 4) is 0 Å². The average Bonchev–Trinajstić information content (AvgIpc) is 3.17. The molecule has 2 atom stereocenters. The van der Waals surface area contributed by atoms with Gasteiger partial charge in [0.1, 0.15) is 5.00 Å². The molecule has 166 valence electrons. The fourth-order valence-corrected chi connectivity index (χ4v) is 6.28. The summed E-state index contributed by atoms with van der Waals surface area (Å²) in [6.45, 7) is 4.00. The molecule has 1 N–H and O–H groups in total. The fraction of sp³-hybridized carbons (Fsp3) is 0.308. The van der Waals surface area contributed by atoms with Crippen molar-refractivity contribution in [1.29, 1.82) is 0 Å². The Morgan fingerprint density at radius 3 is 2.50 bits per heavy atom. The predicted molar refractivity (Wildman–Crippen MR) is 132 cm³/mol. The molecule has 0 radical (unpaired) electrons. The lowest BCUT2D eigenvalue weighted by atomic mass is 9.83. The highest BCUT2D eigenvalue weighted by molar-refractivity contribution is 8.00. The van der Waals surface area contributed by atoms with E-state index >= 15 is 0 Å². The molecule has 32 heavy (non-hydrogen) atoms. The Kier molecular flexibility index (Phi) is 7.33. The number of carbonyl (C=O) groups is 2. The van der Waals surface area contributed by atoms with Crippen LogP contribution in [0.2, 0.25) is 0 Å². The summed E-state index contributed by atoms with van der Waals surface area (Å²) in [5.41, 5.74) is 2.91. The maximum Gasteiger partial charge on any atom is 0.341 e. The third-order valence-electron chi connectivity index (χ3n) is 5.68. The van der Waals surface area contributed by atoms with Gasteiger partial charge in [-0.1, -0.05) is 48.5 Å². The van der Waals surface area contributed by atoms with Crippen LogP contribution in [-0.4, -0.2) is 23.7 Å². The number of hydrogen-bond donors (Lipinski definition) is 1. The van der Waals surface area contributed by atoms with Gasteiger partial charge in [-0.05, 0) is 62.3 Å². The van der Waals surface area contributed by atoms with E-state index in [1.807, 2.05) is 43.3 Å². The Balaban J connectivity index is 1.57. The molecular weight excluding hydrogens is 438 g/mol. The first-order valence-electron chi connectivity index (χ1n) is 11.0. The van der Waals surface area contributed by atoms with Crippen molar-refractivity contribution in [2.45, 2.75) is 49.2 Å². The zero-order chi connectivity index (χ0) is 22.5. The molecule has 1 aliphatic carbocycles. The van der Waals surface area contributed by atoms with Crippen molar-refractivity contribution in [2.75, 3.05) is 11.9 Å². The second kappa shape index (κ2) is 10.4. The van der Waals surface area contributed by atoms with Crippen LogP contribution in [-0.2, 0) is 22.4 Å². The summed E-state index contributed by atoms with van der Waals surface area (Å²) in [6, 6.07) is 20.4. The Labute approximate surface area is 197 Å².